The molecular formula is C19H31N5O2S. The van der Waals surface area contributed by atoms with Crippen molar-refractivity contribution in [2.24, 2.45) is 5.92 Å². The van der Waals surface area contributed by atoms with Crippen molar-refractivity contribution in [1.82, 2.24) is 19.5 Å². The van der Waals surface area contributed by atoms with E-state index in [9.17, 15) is 9.59 Å². The second-order valence-corrected chi connectivity index (χ2v) is 8.77. The number of nitrogens with one attached hydrogen (secondary N) is 1. The van der Waals surface area contributed by atoms with Crippen LogP contribution in [0.3, 0.4) is 0 Å². The highest BCUT2D eigenvalue weighted by molar-refractivity contribution is 7.09. The van der Waals surface area contributed by atoms with Crippen LogP contribution in [0.1, 0.15) is 66.1 Å². The van der Waals surface area contributed by atoms with E-state index >= 15 is 0 Å². The molecule has 3 N–H and O–H groups in total. The maximum atomic E-state index is 12.9. The molecule has 1 aromatic heterocycles. The fraction of sp³-hybridized carbons (Fsp3) is 0.737. The molecule has 1 aliphatic carbocycles. The molecule has 27 heavy (non-hydrogen) atoms. The molecule has 8 heteroatoms. The molecule has 2 heterocycles. The summed E-state index contributed by atoms with van der Waals surface area (Å²) in [6.45, 7) is 7.85. The Morgan fingerprint density at radius 2 is 1.85 bits per heavy atom. The minimum absolute atomic E-state index is 0.101. The standard InChI is InChI=1S/C19H31N5O2S/c1-13(2)12-21-18(25)16-15(20)17(27-22-16)19(26)24-10-8-23(9-11-24)14-6-4-3-5-7-14/h13-14H,3-12,20H2,1-2H3,(H,21,25). The summed E-state index contributed by atoms with van der Waals surface area (Å²) < 4.78 is 4.14. The van der Waals surface area contributed by atoms with Crippen LogP contribution in [0.25, 0.3) is 0 Å². The Hall–Kier alpha value is -1.67. The van der Waals surface area contributed by atoms with Crippen molar-refractivity contribution in [3.63, 3.8) is 0 Å². The Labute approximate surface area is 165 Å². The maximum Gasteiger partial charge on any atom is 0.273 e. The summed E-state index contributed by atoms with van der Waals surface area (Å²) in [4.78, 5) is 29.9. The van der Waals surface area contributed by atoms with Crippen molar-refractivity contribution in [3.8, 4) is 0 Å². The van der Waals surface area contributed by atoms with E-state index in [4.69, 9.17) is 5.73 Å². The molecule has 2 fully saturated rings. The van der Waals surface area contributed by atoms with Crippen molar-refractivity contribution in [2.45, 2.75) is 52.0 Å². The van der Waals surface area contributed by atoms with Crippen LogP contribution in [0.4, 0.5) is 5.69 Å². The quantitative estimate of drug-likeness (QED) is 0.800. The number of carbonyl (C=O) groups excluding carboxylic acids is 2. The van der Waals surface area contributed by atoms with Gasteiger partial charge in [0.1, 0.15) is 4.88 Å². The van der Waals surface area contributed by atoms with Gasteiger partial charge in [0.2, 0.25) is 0 Å². The highest BCUT2D eigenvalue weighted by atomic mass is 32.1. The summed E-state index contributed by atoms with van der Waals surface area (Å²) in [5.74, 6) is -0.0646. The van der Waals surface area contributed by atoms with Gasteiger partial charge < -0.3 is 16.0 Å². The predicted molar refractivity (Wildman–Crippen MR) is 108 cm³/mol. The van der Waals surface area contributed by atoms with Crippen molar-refractivity contribution < 1.29 is 9.59 Å². The first kappa shape index (κ1) is 20.1. The van der Waals surface area contributed by atoms with Crippen LogP contribution in [-0.4, -0.2) is 64.8 Å². The molecule has 0 aromatic carbocycles. The molecule has 1 aromatic rings. The lowest BCUT2D eigenvalue weighted by Gasteiger charge is -2.40. The van der Waals surface area contributed by atoms with Gasteiger partial charge in [-0.2, -0.15) is 4.37 Å². The molecule has 1 saturated heterocycles. The topological polar surface area (TPSA) is 91.6 Å². The highest BCUT2D eigenvalue weighted by Gasteiger charge is 2.30. The summed E-state index contributed by atoms with van der Waals surface area (Å²) in [6, 6.07) is 0.681. The number of nitrogens with zero attached hydrogens (tertiary/aromatic N) is 3. The van der Waals surface area contributed by atoms with Gasteiger partial charge in [0, 0.05) is 38.8 Å². The van der Waals surface area contributed by atoms with Crippen LogP contribution >= 0.6 is 11.5 Å². The molecule has 0 unspecified atom stereocenters. The Morgan fingerprint density at radius 3 is 2.48 bits per heavy atom. The molecule has 0 bridgehead atoms. The lowest BCUT2D eigenvalue weighted by atomic mass is 9.94. The van der Waals surface area contributed by atoms with Gasteiger partial charge in [-0.1, -0.05) is 33.1 Å². The van der Waals surface area contributed by atoms with Crippen LogP contribution in [-0.2, 0) is 0 Å². The van der Waals surface area contributed by atoms with Gasteiger partial charge in [-0.05, 0) is 30.3 Å². The molecular weight excluding hydrogens is 362 g/mol. The first-order valence-electron chi connectivity index (χ1n) is 10.0. The largest absolute Gasteiger partial charge is 0.395 e. The van der Waals surface area contributed by atoms with E-state index < -0.39 is 0 Å². The van der Waals surface area contributed by atoms with Crippen molar-refractivity contribution in [1.29, 1.82) is 0 Å². The molecule has 0 atom stereocenters. The van der Waals surface area contributed by atoms with Gasteiger partial charge >= 0.3 is 0 Å². The number of hydrogen-bond acceptors (Lipinski definition) is 6. The van der Waals surface area contributed by atoms with E-state index in [1.165, 1.54) is 32.1 Å². The third-order valence-corrected chi connectivity index (χ3v) is 6.35. The third-order valence-electron chi connectivity index (χ3n) is 5.50. The van der Waals surface area contributed by atoms with Crippen LogP contribution in [0.15, 0.2) is 0 Å². The average Bonchev–Trinajstić information content (AvgIpc) is 3.08. The van der Waals surface area contributed by atoms with E-state index in [1.54, 1.807) is 0 Å². The molecule has 1 aliphatic heterocycles. The number of nitrogens with two attached hydrogens (primary N) is 1. The van der Waals surface area contributed by atoms with Crippen LogP contribution in [0, 0.1) is 5.92 Å². The number of nitrogen functional groups attached to an aromatic ring is 1. The minimum atomic E-state index is -0.307. The van der Waals surface area contributed by atoms with Gasteiger partial charge in [-0.3, -0.25) is 14.5 Å². The number of aromatic nitrogens is 1. The van der Waals surface area contributed by atoms with E-state index in [0.717, 1.165) is 24.6 Å². The van der Waals surface area contributed by atoms with E-state index in [-0.39, 0.29) is 23.2 Å². The Kier molecular flexibility index (Phi) is 6.70. The SMILES string of the molecule is CC(C)CNC(=O)c1nsc(C(=O)N2CCN(C3CCCCC3)CC2)c1N. The maximum absolute atomic E-state index is 12.9. The van der Waals surface area contributed by atoms with Crippen LogP contribution in [0.5, 0.6) is 0 Å². The summed E-state index contributed by atoms with van der Waals surface area (Å²) in [6.07, 6.45) is 6.56. The van der Waals surface area contributed by atoms with Gasteiger partial charge in [-0.15, -0.1) is 0 Å². The fourth-order valence-corrected chi connectivity index (χ4v) is 4.64. The zero-order chi connectivity index (χ0) is 19.4. The highest BCUT2D eigenvalue weighted by Crippen LogP contribution is 2.26. The Morgan fingerprint density at radius 1 is 1.19 bits per heavy atom. The number of anilines is 1. The Bertz CT molecular complexity index is 661. The Balaban J connectivity index is 1.57. The molecule has 2 aliphatic rings. The molecule has 7 nitrogen and oxygen atoms in total. The second kappa shape index (κ2) is 9.01. The van der Waals surface area contributed by atoms with Gasteiger partial charge in [0.05, 0.1) is 5.69 Å². The summed E-state index contributed by atoms with van der Waals surface area (Å²) in [7, 11) is 0. The molecule has 0 radical (unpaired) electrons. The monoisotopic (exact) mass is 393 g/mol. The third kappa shape index (κ3) is 4.79. The lowest BCUT2D eigenvalue weighted by molar-refractivity contribution is 0.0528. The molecule has 150 valence electrons. The number of piperazine rings is 1. The van der Waals surface area contributed by atoms with Crippen molar-refractivity contribution in [2.75, 3.05) is 38.5 Å². The first-order chi connectivity index (χ1) is 13.0. The van der Waals surface area contributed by atoms with E-state index in [0.29, 0.717) is 36.5 Å². The van der Waals surface area contributed by atoms with E-state index in [2.05, 4.69) is 14.6 Å². The zero-order valence-electron chi connectivity index (χ0n) is 16.4. The normalized spacial score (nSPS) is 19.4. The van der Waals surface area contributed by atoms with Gasteiger partial charge in [-0.25, -0.2) is 0 Å². The smallest absolute Gasteiger partial charge is 0.273 e. The fourth-order valence-electron chi connectivity index (χ4n) is 3.88. The number of hydrogen-bond donors (Lipinski definition) is 2. The number of rotatable bonds is 5. The molecule has 3 rings (SSSR count). The van der Waals surface area contributed by atoms with E-state index in [1.807, 2.05) is 18.7 Å². The predicted octanol–water partition coefficient (Wildman–Crippen LogP) is 2.20. The van der Waals surface area contributed by atoms with Crippen LogP contribution in [0.2, 0.25) is 0 Å². The van der Waals surface area contributed by atoms with Gasteiger partial charge in [0.25, 0.3) is 11.8 Å². The van der Waals surface area contributed by atoms with Crippen LogP contribution < -0.4 is 11.1 Å². The summed E-state index contributed by atoms with van der Waals surface area (Å²) in [5, 5.41) is 2.81. The first-order valence-corrected chi connectivity index (χ1v) is 10.8. The molecule has 1 saturated carbocycles. The summed E-state index contributed by atoms with van der Waals surface area (Å²) >= 11 is 1.03. The van der Waals surface area contributed by atoms with Crippen molar-refractivity contribution in [3.05, 3.63) is 10.6 Å². The number of carbonyl (C=O) groups is 2. The van der Waals surface area contributed by atoms with Gasteiger partial charge in [0.15, 0.2) is 5.69 Å². The lowest BCUT2D eigenvalue weighted by Crippen LogP contribution is -2.52. The minimum Gasteiger partial charge on any atom is -0.395 e. The molecule has 0 spiro atoms. The van der Waals surface area contributed by atoms with Crippen molar-refractivity contribution >= 4 is 29.0 Å². The average molecular weight is 394 g/mol. The summed E-state index contributed by atoms with van der Waals surface area (Å²) in [5.41, 5.74) is 6.47. The zero-order valence-corrected chi connectivity index (χ0v) is 17.2. The molecule has 2 amide bonds. The second-order valence-electron chi connectivity index (χ2n) is 8.00. The number of amides is 2.